The first kappa shape index (κ1) is 24.7. The smallest absolute Gasteiger partial charge is 0.257 e. The number of hydrogen-bond acceptors (Lipinski definition) is 4. The predicted octanol–water partition coefficient (Wildman–Crippen LogP) is 5.40. The van der Waals surface area contributed by atoms with Crippen LogP contribution in [0.3, 0.4) is 0 Å². The highest BCUT2D eigenvalue weighted by Gasteiger charge is 2.18. The van der Waals surface area contributed by atoms with Crippen LogP contribution in [-0.4, -0.2) is 41.5 Å². The summed E-state index contributed by atoms with van der Waals surface area (Å²) in [6, 6.07) is 14.2. The summed E-state index contributed by atoms with van der Waals surface area (Å²) >= 11 is 5.30. The molecule has 1 fully saturated rings. The van der Waals surface area contributed by atoms with Gasteiger partial charge in [-0.25, -0.2) is 0 Å². The van der Waals surface area contributed by atoms with Crippen LogP contribution in [0.15, 0.2) is 48.5 Å². The van der Waals surface area contributed by atoms with E-state index in [4.69, 9.17) is 17.0 Å². The zero-order valence-corrected chi connectivity index (χ0v) is 20.1. The fraction of sp³-hybridized carbons (Fsp3) is 0.423. The Morgan fingerprint density at radius 2 is 1.73 bits per heavy atom. The molecule has 0 unspecified atom stereocenters. The van der Waals surface area contributed by atoms with Crippen molar-refractivity contribution in [1.29, 1.82) is 0 Å². The van der Waals surface area contributed by atoms with E-state index < -0.39 is 0 Å². The van der Waals surface area contributed by atoms with Gasteiger partial charge in [-0.1, -0.05) is 32.3 Å². The van der Waals surface area contributed by atoms with Crippen molar-refractivity contribution in [3.8, 4) is 5.75 Å². The molecule has 0 bridgehead atoms. The van der Waals surface area contributed by atoms with Gasteiger partial charge in [0.25, 0.3) is 11.8 Å². The van der Waals surface area contributed by atoms with Crippen LogP contribution in [0.4, 0.5) is 5.69 Å². The Labute approximate surface area is 201 Å². The number of rotatable bonds is 9. The molecule has 2 N–H and O–H groups in total. The maximum atomic E-state index is 12.7. The molecule has 0 aliphatic carbocycles. The van der Waals surface area contributed by atoms with Gasteiger partial charge in [-0.15, -0.1) is 0 Å². The topological polar surface area (TPSA) is 70.7 Å². The highest BCUT2D eigenvalue weighted by molar-refractivity contribution is 7.80. The molecule has 1 aliphatic rings. The Bertz CT molecular complexity index is 940. The largest absolute Gasteiger partial charge is 0.494 e. The molecule has 0 atom stereocenters. The lowest BCUT2D eigenvalue weighted by molar-refractivity contribution is 0.0724. The monoisotopic (exact) mass is 467 g/mol. The van der Waals surface area contributed by atoms with Crippen LogP contribution in [0, 0.1) is 0 Å². The number of unbranched alkanes of at least 4 members (excludes halogenated alkanes) is 3. The number of nitrogens with one attached hydrogen (secondary N) is 2. The van der Waals surface area contributed by atoms with Crippen molar-refractivity contribution in [3.05, 3.63) is 59.7 Å². The highest BCUT2D eigenvalue weighted by Crippen LogP contribution is 2.17. The summed E-state index contributed by atoms with van der Waals surface area (Å²) in [5.41, 5.74) is 1.77. The lowest BCUT2D eigenvalue weighted by atomic mass is 10.1. The molecule has 1 saturated heterocycles. The minimum absolute atomic E-state index is 0.0287. The number of nitrogens with zero attached hydrogens (tertiary/aromatic N) is 1. The Morgan fingerprint density at radius 3 is 2.45 bits per heavy atom. The summed E-state index contributed by atoms with van der Waals surface area (Å²) in [6.07, 6.45) is 7.88. The van der Waals surface area contributed by atoms with Gasteiger partial charge in [0.1, 0.15) is 5.75 Å². The highest BCUT2D eigenvalue weighted by atomic mass is 32.1. The second-order valence-corrected chi connectivity index (χ2v) is 8.68. The van der Waals surface area contributed by atoms with E-state index in [-0.39, 0.29) is 16.9 Å². The number of carbonyl (C=O) groups is 2. The average Bonchev–Trinajstić information content (AvgIpc) is 2.84. The van der Waals surface area contributed by atoms with Gasteiger partial charge in [0.05, 0.1) is 6.61 Å². The Kier molecular flexibility index (Phi) is 9.69. The number of hydrogen-bond donors (Lipinski definition) is 2. The van der Waals surface area contributed by atoms with E-state index in [0.717, 1.165) is 44.5 Å². The lowest BCUT2D eigenvalue weighted by Gasteiger charge is -2.26. The molecule has 176 valence electrons. The fourth-order valence-corrected chi connectivity index (χ4v) is 3.98. The third-order valence-electron chi connectivity index (χ3n) is 5.62. The van der Waals surface area contributed by atoms with Gasteiger partial charge in [-0.05, 0) is 80.4 Å². The average molecular weight is 468 g/mol. The van der Waals surface area contributed by atoms with Crippen molar-refractivity contribution in [2.45, 2.75) is 51.9 Å². The van der Waals surface area contributed by atoms with Gasteiger partial charge in [0, 0.05) is 29.9 Å². The maximum Gasteiger partial charge on any atom is 0.257 e. The van der Waals surface area contributed by atoms with Crippen molar-refractivity contribution in [2.24, 2.45) is 0 Å². The van der Waals surface area contributed by atoms with Gasteiger partial charge in [0.15, 0.2) is 5.11 Å². The summed E-state index contributed by atoms with van der Waals surface area (Å²) in [5, 5.41) is 5.87. The third kappa shape index (κ3) is 7.86. The third-order valence-corrected chi connectivity index (χ3v) is 5.82. The zero-order chi connectivity index (χ0) is 23.5. The molecule has 33 heavy (non-hydrogen) atoms. The molecule has 2 aromatic rings. The first-order chi connectivity index (χ1) is 16.1. The molecule has 1 aliphatic heterocycles. The molecule has 2 amide bonds. The van der Waals surface area contributed by atoms with Crippen molar-refractivity contribution in [1.82, 2.24) is 10.2 Å². The van der Waals surface area contributed by atoms with Crippen LogP contribution < -0.4 is 15.4 Å². The number of ether oxygens (including phenoxy) is 1. The second-order valence-electron chi connectivity index (χ2n) is 8.28. The number of thiocarbonyl (C=S) groups is 1. The SMILES string of the molecule is CCCCCCOc1ccc(C(=O)NC(=S)Nc2cccc(C(=O)N3CCCCC3)c2)cc1. The summed E-state index contributed by atoms with van der Waals surface area (Å²) in [6.45, 7) is 4.46. The number of anilines is 1. The number of carbonyl (C=O) groups excluding carboxylic acids is 2. The quantitative estimate of drug-likeness (QED) is 0.382. The Hall–Kier alpha value is -2.93. The Morgan fingerprint density at radius 1 is 0.970 bits per heavy atom. The molecule has 0 aromatic heterocycles. The molecule has 2 aromatic carbocycles. The minimum Gasteiger partial charge on any atom is -0.494 e. The van der Waals surface area contributed by atoms with Gasteiger partial charge in [-0.3, -0.25) is 14.9 Å². The standard InChI is InChI=1S/C26H33N3O3S/c1-2-3-4-8-18-32-23-14-12-20(13-15-23)24(30)28-26(33)27-22-11-9-10-21(19-22)25(31)29-16-6-5-7-17-29/h9-15,19H,2-8,16-18H2,1H3,(H2,27,28,30,33). The van der Waals surface area contributed by atoms with Gasteiger partial charge < -0.3 is 15.0 Å². The van der Waals surface area contributed by atoms with E-state index in [2.05, 4.69) is 17.6 Å². The van der Waals surface area contributed by atoms with E-state index in [9.17, 15) is 9.59 Å². The number of amides is 2. The Balaban J connectivity index is 1.49. The zero-order valence-electron chi connectivity index (χ0n) is 19.3. The van der Waals surface area contributed by atoms with Crippen molar-refractivity contribution < 1.29 is 14.3 Å². The number of likely N-dealkylation sites (tertiary alicyclic amines) is 1. The summed E-state index contributed by atoms with van der Waals surface area (Å²) < 4.78 is 5.72. The predicted molar refractivity (Wildman–Crippen MR) is 136 cm³/mol. The molecular weight excluding hydrogens is 434 g/mol. The van der Waals surface area contributed by atoms with Crippen LogP contribution in [-0.2, 0) is 0 Å². The number of benzene rings is 2. The summed E-state index contributed by atoms with van der Waals surface area (Å²) in [4.78, 5) is 27.1. The van der Waals surface area contributed by atoms with Crippen LogP contribution in [0.25, 0.3) is 0 Å². The molecule has 0 saturated carbocycles. The molecule has 3 rings (SSSR count). The molecular formula is C26H33N3O3S. The summed E-state index contributed by atoms with van der Waals surface area (Å²) in [5.74, 6) is 0.474. The van der Waals surface area contributed by atoms with Crippen LogP contribution in [0.1, 0.15) is 72.6 Å². The van der Waals surface area contributed by atoms with Crippen LogP contribution in [0.2, 0.25) is 0 Å². The van der Waals surface area contributed by atoms with Crippen LogP contribution >= 0.6 is 12.2 Å². The second kappa shape index (κ2) is 12.9. The van der Waals surface area contributed by atoms with Gasteiger partial charge in [-0.2, -0.15) is 0 Å². The van der Waals surface area contributed by atoms with Crippen molar-refractivity contribution in [2.75, 3.05) is 25.0 Å². The van der Waals surface area contributed by atoms with Gasteiger partial charge in [0.2, 0.25) is 0 Å². The molecule has 0 radical (unpaired) electrons. The molecule has 1 heterocycles. The maximum absolute atomic E-state index is 12.7. The van der Waals surface area contributed by atoms with E-state index in [1.54, 1.807) is 36.4 Å². The van der Waals surface area contributed by atoms with E-state index >= 15 is 0 Å². The van der Waals surface area contributed by atoms with Crippen molar-refractivity contribution in [3.63, 3.8) is 0 Å². The van der Waals surface area contributed by atoms with E-state index in [0.29, 0.717) is 23.4 Å². The fourth-order valence-electron chi connectivity index (χ4n) is 3.77. The van der Waals surface area contributed by atoms with Gasteiger partial charge >= 0.3 is 0 Å². The number of piperidine rings is 1. The first-order valence-corrected chi connectivity index (χ1v) is 12.2. The normalized spacial score (nSPS) is 13.3. The van der Waals surface area contributed by atoms with E-state index in [1.165, 1.54) is 19.3 Å². The molecule has 7 heteroatoms. The van der Waals surface area contributed by atoms with E-state index in [1.807, 2.05) is 17.0 Å². The lowest BCUT2D eigenvalue weighted by Crippen LogP contribution is -2.36. The first-order valence-electron chi connectivity index (χ1n) is 11.8. The summed E-state index contributed by atoms with van der Waals surface area (Å²) in [7, 11) is 0. The molecule has 0 spiro atoms. The van der Waals surface area contributed by atoms with Crippen LogP contribution in [0.5, 0.6) is 5.75 Å². The van der Waals surface area contributed by atoms with Crippen molar-refractivity contribution >= 4 is 34.8 Å². The molecule has 6 nitrogen and oxygen atoms in total. The minimum atomic E-state index is -0.303.